The molecule has 0 aliphatic carbocycles. The number of piperidine rings is 1. The van der Waals surface area contributed by atoms with Gasteiger partial charge in [0.2, 0.25) is 5.78 Å². The van der Waals surface area contributed by atoms with E-state index in [-0.39, 0.29) is 17.3 Å². The summed E-state index contributed by atoms with van der Waals surface area (Å²) in [6.07, 6.45) is 0.698. The zero-order valence-corrected chi connectivity index (χ0v) is 17.3. The molecule has 0 saturated carbocycles. The van der Waals surface area contributed by atoms with E-state index < -0.39 is 23.3 Å². The topological polar surface area (TPSA) is 54.5 Å². The highest BCUT2D eigenvalue weighted by molar-refractivity contribution is 7.12. The van der Waals surface area contributed by atoms with Gasteiger partial charge in [-0.25, -0.2) is 8.78 Å². The molecule has 7 heteroatoms. The Hall–Kier alpha value is -3.19. The first-order valence-corrected chi connectivity index (χ1v) is 10.8. The van der Waals surface area contributed by atoms with Gasteiger partial charge in [-0.1, -0.05) is 24.3 Å². The number of hydrogen-bond donors (Lipinski definition) is 0. The molecule has 2 aromatic carbocycles. The maximum Gasteiger partial charge on any atom is 0.254 e. The molecule has 3 aromatic rings. The minimum atomic E-state index is -0.745. The molecule has 1 amide bonds. The van der Waals surface area contributed by atoms with Crippen molar-refractivity contribution in [1.82, 2.24) is 4.90 Å². The molecule has 0 unspecified atom stereocenters. The van der Waals surface area contributed by atoms with Crippen molar-refractivity contribution in [1.29, 1.82) is 0 Å². The first-order chi connectivity index (χ1) is 15.0. The zero-order valence-electron chi connectivity index (χ0n) is 16.5. The average molecular weight is 439 g/mol. The fourth-order valence-electron chi connectivity index (χ4n) is 3.83. The number of carbonyl (C=O) groups excluding carboxylic acids is 3. The summed E-state index contributed by atoms with van der Waals surface area (Å²) < 4.78 is 27.4. The molecule has 1 aliphatic heterocycles. The lowest BCUT2D eigenvalue weighted by molar-refractivity contribution is 0.0647. The molecule has 0 spiro atoms. The maximum atomic E-state index is 14.0. The van der Waals surface area contributed by atoms with E-state index in [1.54, 1.807) is 46.7 Å². The lowest BCUT2D eigenvalue weighted by atomic mass is 9.88. The molecule has 0 bridgehead atoms. The third-order valence-electron chi connectivity index (χ3n) is 5.49. The Morgan fingerprint density at radius 3 is 2.26 bits per heavy atom. The number of ketones is 2. The highest BCUT2D eigenvalue weighted by Gasteiger charge is 2.31. The fraction of sp³-hybridized carbons (Fsp3) is 0.208. The van der Waals surface area contributed by atoms with E-state index in [9.17, 15) is 23.2 Å². The first kappa shape index (κ1) is 21.1. The van der Waals surface area contributed by atoms with Crippen LogP contribution >= 0.6 is 11.3 Å². The van der Waals surface area contributed by atoms with Crippen LogP contribution in [0.3, 0.4) is 0 Å². The van der Waals surface area contributed by atoms with Crippen molar-refractivity contribution in [3.05, 3.63) is 93.2 Å². The zero-order chi connectivity index (χ0) is 22.0. The van der Waals surface area contributed by atoms with Gasteiger partial charge in [0.15, 0.2) is 5.78 Å². The van der Waals surface area contributed by atoms with E-state index in [1.165, 1.54) is 11.3 Å². The molecule has 4 rings (SSSR count). The van der Waals surface area contributed by atoms with Crippen LogP contribution in [0.5, 0.6) is 0 Å². The minimum absolute atomic E-state index is 0.203. The number of nitrogens with zero attached hydrogens (tertiary/aromatic N) is 1. The number of amides is 1. The van der Waals surface area contributed by atoms with Gasteiger partial charge in [-0.3, -0.25) is 14.4 Å². The third-order valence-corrected chi connectivity index (χ3v) is 6.36. The molecular formula is C24H19F2NO3S. The Morgan fingerprint density at radius 1 is 0.871 bits per heavy atom. The van der Waals surface area contributed by atoms with E-state index in [0.717, 1.165) is 18.2 Å². The number of likely N-dealkylation sites (tertiary alicyclic amines) is 1. The predicted octanol–water partition coefficient (Wildman–Crippen LogP) is 4.99. The summed E-state index contributed by atoms with van der Waals surface area (Å²) in [6, 6.07) is 13.0. The van der Waals surface area contributed by atoms with Crippen LogP contribution in [0.1, 0.15) is 48.8 Å². The number of benzene rings is 2. The van der Waals surface area contributed by atoms with Crippen molar-refractivity contribution in [2.75, 3.05) is 13.1 Å². The number of halogens is 2. The van der Waals surface area contributed by atoms with Crippen LogP contribution in [0.2, 0.25) is 0 Å². The highest BCUT2D eigenvalue weighted by atomic mass is 32.1. The molecule has 1 saturated heterocycles. The summed E-state index contributed by atoms with van der Waals surface area (Å²) in [7, 11) is 0. The fourth-order valence-corrected chi connectivity index (χ4v) is 4.51. The van der Waals surface area contributed by atoms with Crippen LogP contribution in [0.25, 0.3) is 0 Å². The normalized spacial score (nSPS) is 14.5. The van der Waals surface area contributed by atoms with E-state index in [0.29, 0.717) is 41.9 Å². The second kappa shape index (κ2) is 8.89. The van der Waals surface area contributed by atoms with Crippen LogP contribution in [0.15, 0.2) is 60.0 Å². The van der Waals surface area contributed by atoms with Crippen LogP contribution < -0.4 is 0 Å². The molecule has 158 valence electrons. The van der Waals surface area contributed by atoms with Gasteiger partial charge in [-0.05, 0) is 48.6 Å². The standard InChI is InChI=1S/C24H19F2NO3S/c25-16-7-8-20(26)19(14-16)22(28)15-9-11-27(12-10-15)24(30)18-5-2-1-4-17(18)23(29)21-6-3-13-31-21/h1-8,13-15H,9-12H2. The van der Waals surface area contributed by atoms with Gasteiger partial charge < -0.3 is 4.90 Å². The number of thiophene rings is 1. The molecule has 4 nitrogen and oxygen atoms in total. The quantitative estimate of drug-likeness (QED) is 0.526. The molecule has 0 radical (unpaired) electrons. The number of hydrogen-bond acceptors (Lipinski definition) is 4. The van der Waals surface area contributed by atoms with Crippen molar-refractivity contribution in [3.8, 4) is 0 Å². The summed E-state index contributed by atoms with van der Waals surface area (Å²) >= 11 is 1.32. The van der Waals surface area contributed by atoms with E-state index >= 15 is 0 Å². The number of carbonyl (C=O) groups is 3. The molecule has 2 heterocycles. The number of rotatable bonds is 5. The largest absolute Gasteiger partial charge is 0.339 e. The van der Waals surface area contributed by atoms with Crippen LogP contribution in [0, 0.1) is 17.6 Å². The SMILES string of the molecule is O=C(c1cccs1)c1ccccc1C(=O)N1CCC(C(=O)c2cc(F)ccc2F)CC1. The lowest BCUT2D eigenvalue weighted by Crippen LogP contribution is -2.41. The predicted molar refractivity (Wildman–Crippen MR) is 114 cm³/mol. The Morgan fingerprint density at radius 2 is 1.58 bits per heavy atom. The van der Waals surface area contributed by atoms with E-state index in [1.807, 2.05) is 0 Å². The Balaban J connectivity index is 1.47. The van der Waals surface area contributed by atoms with E-state index in [2.05, 4.69) is 0 Å². The molecule has 0 atom stereocenters. The van der Waals surface area contributed by atoms with Crippen molar-refractivity contribution in [3.63, 3.8) is 0 Å². The Labute approximate surface area is 182 Å². The van der Waals surface area contributed by atoms with Gasteiger partial charge in [-0.2, -0.15) is 0 Å². The van der Waals surface area contributed by atoms with Crippen molar-refractivity contribution in [2.24, 2.45) is 5.92 Å². The van der Waals surface area contributed by atoms with Crippen molar-refractivity contribution in [2.45, 2.75) is 12.8 Å². The molecule has 1 aromatic heterocycles. The van der Waals surface area contributed by atoms with Gasteiger partial charge in [0, 0.05) is 24.6 Å². The molecule has 0 N–H and O–H groups in total. The summed E-state index contributed by atoms with van der Waals surface area (Å²) in [5.41, 5.74) is 0.411. The minimum Gasteiger partial charge on any atom is -0.339 e. The highest BCUT2D eigenvalue weighted by Crippen LogP contribution is 2.26. The van der Waals surface area contributed by atoms with Gasteiger partial charge in [0.1, 0.15) is 11.6 Å². The third kappa shape index (κ3) is 4.32. The van der Waals surface area contributed by atoms with Crippen LogP contribution in [-0.4, -0.2) is 35.5 Å². The Kier molecular flexibility index (Phi) is 6.04. The molecule has 31 heavy (non-hydrogen) atoms. The van der Waals surface area contributed by atoms with Crippen molar-refractivity contribution >= 4 is 28.8 Å². The van der Waals surface area contributed by atoms with E-state index in [4.69, 9.17) is 0 Å². The summed E-state index contributed by atoms with van der Waals surface area (Å²) in [4.78, 5) is 40.7. The van der Waals surface area contributed by atoms with Gasteiger partial charge in [0.05, 0.1) is 16.0 Å². The van der Waals surface area contributed by atoms with Gasteiger partial charge in [-0.15, -0.1) is 11.3 Å². The second-order valence-corrected chi connectivity index (χ2v) is 8.35. The second-order valence-electron chi connectivity index (χ2n) is 7.41. The molecule has 1 fully saturated rings. The summed E-state index contributed by atoms with van der Waals surface area (Å²) in [5, 5.41) is 1.81. The van der Waals surface area contributed by atoms with Crippen LogP contribution in [0.4, 0.5) is 8.78 Å². The lowest BCUT2D eigenvalue weighted by Gasteiger charge is -2.31. The average Bonchev–Trinajstić information content (AvgIpc) is 3.34. The first-order valence-electron chi connectivity index (χ1n) is 9.91. The van der Waals surface area contributed by atoms with Crippen LogP contribution in [-0.2, 0) is 0 Å². The maximum absolute atomic E-state index is 14.0. The Bertz CT molecular complexity index is 1140. The molecular weight excluding hydrogens is 420 g/mol. The van der Waals surface area contributed by atoms with Gasteiger partial charge in [0.25, 0.3) is 5.91 Å². The van der Waals surface area contributed by atoms with Gasteiger partial charge >= 0.3 is 0 Å². The molecule has 1 aliphatic rings. The number of Topliss-reactive ketones (excluding diaryl/α,β-unsaturated/α-hetero) is 1. The van der Waals surface area contributed by atoms with Crippen molar-refractivity contribution < 1.29 is 23.2 Å². The monoisotopic (exact) mass is 439 g/mol. The summed E-state index contributed by atoms with van der Waals surface area (Å²) in [5.74, 6) is -2.81. The smallest absolute Gasteiger partial charge is 0.254 e. The summed E-state index contributed by atoms with van der Waals surface area (Å²) in [6.45, 7) is 0.599.